The van der Waals surface area contributed by atoms with Gasteiger partial charge in [-0.15, -0.1) is 0 Å². The summed E-state index contributed by atoms with van der Waals surface area (Å²) >= 11 is 9.14. The fourth-order valence-corrected chi connectivity index (χ4v) is 2.53. The van der Waals surface area contributed by atoms with Gasteiger partial charge in [-0.1, -0.05) is 23.7 Å². The fraction of sp³-hybridized carbons (Fsp3) is 0.125. The van der Waals surface area contributed by atoms with Crippen LogP contribution in [0.4, 0.5) is 11.4 Å². The smallest absolute Gasteiger partial charge is 0.340 e. The molecule has 0 fully saturated rings. The Bertz CT molecular complexity index is 843. The van der Waals surface area contributed by atoms with Crippen LogP contribution in [-0.4, -0.2) is 22.9 Å². The second-order valence-corrected chi connectivity index (χ2v) is 6.20. The molecular formula is C16H12BrClN2O5. The van der Waals surface area contributed by atoms with Gasteiger partial charge in [0.2, 0.25) is 0 Å². The van der Waals surface area contributed by atoms with Gasteiger partial charge in [0, 0.05) is 16.6 Å². The molecule has 9 heteroatoms. The third-order valence-electron chi connectivity index (χ3n) is 3.17. The van der Waals surface area contributed by atoms with Crippen molar-refractivity contribution in [3.63, 3.8) is 0 Å². The number of esters is 1. The molecule has 2 rings (SSSR count). The zero-order valence-electron chi connectivity index (χ0n) is 12.9. The van der Waals surface area contributed by atoms with Crippen LogP contribution in [0.3, 0.4) is 0 Å². The van der Waals surface area contributed by atoms with E-state index in [-0.39, 0.29) is 22.0 Å². The van der Waals surface area contributed by atoms with Gasteiger partial charge in [-0.2, -0.15) is 0 Å². The molecule has 0 spiro atoms. The van der Waals surface area contributed by atoms with E-state index in [1.165, 1.54) is 19.1 Å². The molecule has 2 aromatic rings. The second-order valence-electron chi connectivity index (χ2n) is 4.94. The Morgan fingerprint density at radius 1 is 1.28 bits per heavy atom. The van der Waals surface area contributed by atoms with Gasteiger partial charge in [-0.25, -0.2) is 4.79 Å². The van der Waals surface area contributed by atoms with Gasteiger partial charge in [-0.05, 0) is 41.1 Å². The van der Waals surface area contributed by atoms with Crippen molar-refractivity contribution in [1.82, 2.24) is 0 Å². The normalized spacial score (nSPS) is 11.5. The Labute approximate surface area is 156 Å². The second kappa shape index (κ2) is 8.09. The summed E-state index contributed by atoms with van der Waals surface area (Å²) in [7, 11) is 0. The Hall–Kier alpha value is -2.45. The molecule has 0 aliphatic rings. The minimum Gasteiger partial charge on any atom is -0.449 e. The van der Waals surface area contributed by atoms with Crippen molar-refractivity contribution in [2.24, 2.45) is 0 Å². The highest BCUT2D eigenvalue weighted by Gasteiger charge is 2.21. The van der Waals surface area contributed by atoms with Crippen molar-refractivity contribution in [2.75, 3.05) is 5.32 Å². The van der Waals surface area contributed by atoms with Crippen molar-refractivity contribution in [1.29, 1.82) is 0 Å². The molecule has 25 heavy (non-hydrogen) atoms. The maximum atomic E-state index is 12.1. The number of carbonyl (C=O) groups excluding carboxylic acids is 2. The molecule has 0 heterocycles. The maximum Gasteiger partial charge on any atom is 0.340 e. The number of ether oxygens (including phenoxy) is 1. The van der Waals surface area contributed by atoms with E-state index in [0.717, 1.165) is 6.07 Å². The first-order valence-corrected chi connectivity index (χ1v) is 8.17. The van der Waals surface area contributed by atoms with E-state index in [9.17, 15) is 19.7 Å². The number of amides is 1. The van der Waals surface area contributed by atoms with Gasteiger partial charge in [0.1, 0.15) is 0 Å². The lowest BCUT2D eigenvalue weighted by Crippen LogP contribution is -2.30. The molecule has 0 aliphatic carbocycles. The Kier molecular flexibility index (Phi) is 6.11. The monoisotopic (exact) mass is 426 g/mol. The quantitative estimate of drug-likeness (QED) is 0.438. The van der Waals surface area contributed by atoms with E-state index in [1.807, 2.05) is 0 Å². The molecule has 0 aromatic heterocycles. The largest absolute Gasteiger partial charge is 0.449 e. The average Bonchev–Trinajstić information content (AvgIpc) is 2.56. The number of benzene rings is 2. The minimum atomic E-state index is -1.09. The summed E-state index contributed by atoms with van der Waals surface area (Å²) in [6.07, 6.45) is -1.09. The van der Waals surface area contributed by atoms with E-state index >= 15 is 0 Å². The highest BCUT2D eigenvalue weighted by molar-refractivity contribution is 9.10. The van der Waals surface area contributed by atoms with Gasteiger partial charge in [0.15, 0.2) is 6.10 Å². The van der Waals surface area contributed by atoms with E-state index < -0.39 is 22.9 Å². The summed E-state index contributed by atoms with van der Waals surface area (Å²) in [5.74, 6) is -1.28. The number of hydrogen-bond donors (Lipinski definition) is 1. The van der Waals surface area contributed by atoms with Crippen molar-refractivity contribution in [2.45, 2.75) is 13.0 Å². The third-order valence-corrected chi connectivity index (χ3v) is 4.17. The predicted octanol–water partition coefficient (Wildman–Crippen LogP) is 4.19. The highest BCUT2D eigenvalue weighted by atomic mass is 79.9. The number of nitrogens with one attached hydrogen (secondary N) is 1. The number of anilines is 1. The van der Waals surface area contributed by atoms with Crippen LogP contribution in [0.2, 0.25) is 5.02 Å². The summed E-state index contributed by atoms with van der Waals surface area (Å²) in [4.78, 5) is 34.3. The lowest BCUT2D eigenvalue weighted by molar-refractivity contribution is -0.384. The molecule has 0 bridgehead atoms. The van der Waals surface area contributed by atoms with Crippen LogP contribution in [-0.2, 0) is 9.53 Å². The van der Waals surface area contributed by atoms with Gasteiger partial charge >= 0.3 is 5.97 Å². The number of nitrogens with zero attached hydrogens (tertiary/aromatic N) is 1. The van der Waals surface area contributed by atoms with E-state index in [2.05, 4.69) is 21.2 Å². The molecule has 1 atom stereocenters. The topological polar surface area (TPSA) is 98.5 Å². The van der Waals surface area contributed by atoms with Crippen LogP contribution in [0, 0.1) is 10.1 Å². The summed E-state index contributed by atoms with van der Waals surface area (Å²) in [6.45, 7) is 1.41. The molecule has 1 N–H and O–H groups in total. The molecule has 130 valence electrons. The molecule has 1 amide bonds. The van der Waals surface area contributed by atoms with E-state index in [4.69, 9.17) is 16.3 Å². The summed E-state index contributed by atoms with van der Waals surface area (Å²) in [6, 6.07) is 10.3. The number of nitro benzene ring substituents is 1. The van der Waals surface area contributed by atoms with Crippen LogP contribution < -0.4 is 5.32 Å². The summed E-state index contributed by atoms with van der Waals surface area (Å²) in [5.41, 5.74) is 0.271. The lowest BCUT2D eigenvalue weighted by Gasteiger charge is -2.14. The number of rotatable bonds is 5. The van der Waals surface area contributed by atoms with Gasteiger partial charge < -0.3 is 10.1 Å². The van der Waals surface area contributed by atoms with Crippen LogP contribution >= 0.6 is 27.5 Å². The molecular weight excluding hydrogens is 416 g/mol. The number of nitro groups is 1. The van der Waals surface area contributed by atoms with E-state index in [0.29, 0.717) is 4.47 Å². The summed E-state index contributed by atoms with van der Waals surface area (Å²) < 4.78 is 5.67. The molecule has 2 aromatic carbocycles. The minimum absolute atomic E-state index is 0.00637. The SMILES string of the molecule is CC(OC(=O)c1ccccc1Br)C(=O)Nc1ccc([N+](=O)[O-])cc1Cl. The Morgan fingerprint density at radius 3 is 2.56 bits per heavy atom. The van der Waals surface area contributed by atoms with Gasteiger partial charge in [0.05, 0.1) is 21.2 Å². The molecule has 7 nitrogen and oxygen atoms in total. The number of halogens is 2. The van der Waals surface area contributed by atoms with Crippen molar-refractivity contribution in [3.8, 4) is 0 Å². The molecule has 0 saturated carbocycles. The van der Waals surface area contributed by atoms with Crippen molar-refractivity contribution >= 4 is 50.8 Å². The van der Waals surface area contributed by atoms with Crippen LogP contribution in [0.1, 0.15) is 17.3 Å². The first-order chi connectivity index (χ1) is 11.8. The zero-order chi connectivity index (χ0) is 18.6. The number of hydrogen-bond acceptors (Lipinski definition) is 5. The first-order valence-electron chi connectivity index (χ1n) is 7.00. The third kappa shape index (κ3) is 4.77. The highest BCUT2D eigenvalue weighted by Crippen LogP contribution is 2.27. The molecule has 0 radical (unpaired) electrons. The summed E-state index contributed by atoms with van der Waals surface area (Å²) in [5, 5.41) is 13.1. The Morgan fingerprint density at radius 2 is 1.96 bits per heavy atom. The van der Waals surface area contributed by atoms with Crippen LogP contribution in [0.25, 0.3) is 0 Å². The number of carbonyl (C=O) groups is 2. The van der Waals surface area contributed by atoms with Gasteiger partial charge in [-0.3, -0.25) is 14.9 Å². The maximum absolute atomic E-state index is 12.1. The van der Waals surface area contributed by atoms with Crippen molar-refractivity contribution < 1.29 is 19.2 Å². The molecule has 0 aliphatic heterocycles. The van der Waals surface area contributed by atoms with Crippen LogP contribution in [0.5, 0.6) is 0 Å². The zero-order valence-corrected chi connectivity index (χ0v) is 15.2. The number of non-ortho nitro benzene ring substituents is 1. The average molecular weight is 428 g/mol. The van der Waals surface area contributed by atoms with Gasteiger partial charge in [0.25, 0.3) is 11.6 Å². The van der Waals surface area contributed by atoms with Crippen LogP contribution in [0.15, 0.2) is 46.9 Å². The lowest BCUT2D eigenvalue weighted by atomic mass is 10.2. The van der Waals surface area contributed by atoms with Crippen molar-refractivity contribution in [3.05, 3.63) is 67.6 Å². The predicted molar refractivity (Wildman–Crippen MR) is 95.8 cm³/mol. The standard InChI is InChI=1S/C16H12BrClN2O5/c1-9(25-16(22)11-4-2-3-5-12(11)17)15(21)19-14-7-6-10(20(23)24)8-13(14)18/h2-9H,1H3,(H,19,21). The van der Waals surface area contributed by atoms with E-state index in [1.54, 1.807) is 24.3 Å². The Balaban J connectivity index is 2.04. The molecule has 0 saturated heterocycles. The first kappa shape index (κ1) is 18.9. The molecule has 1 unspecified atom stereocenters. The fourth-order valence-electron chi connectivity index (χ4n) is 1.86.